The van der Waals surface area contributed by atoms with Gasteiger partial charge in [-0.1, -0.05) is 0 Å². The van der Waals surface area contributed by atoms with Crippen LogP contribution < -0.4 is 0 Å². The van der Waals surface area contributed by atoms with Crippen molar-refractivity contribution in [3.05, 3.63) is 18.0 Å². The van der Waals surface area contributed by atoms with E-state index in [2.05, 4.69) is 5.10 Å². The smallest absolute Gasteiger partial charge is 0.358 e. The summed E-state index contributed by atoms with van der Waals surface area (Å²) in [5.41, 5.74) is 0.359. The molecule has 0 amide bonds. The number of carbonyl (C=O) groups excluding carboxylic acids is 1. The second kappa shape index (κ2) is 5.31. The lowest BCUT2D eigenvalue weighted by atomic mass is 9.93. The van der Waals surface area contributed by atoms with Crippen molar-refractivity contribution < 1.29 is 14.6 Å². The van der Waals surface area contributed by atoms with E-state index in [9.17, 15) is 9.90 Å². The zero-order chi connectivity index (χ0) is 12.3. The Morgan fingerprint density at radius 2 is 2.24 bits per heavy atom. The normalized spacial score (nSPS) is 24.6. The molecule has 0 aliphatic heterocycles. The van der Waals surface area contributed by atoms with Gasteiger partial charge >= 0.3 is 5.97 Å². The quantitative estimate of drug-likeness (QED) is 0.811. The summed E-state index contributed by atoms with van der Waals surface area (Å²) >= 11 is 0. The molecule has 0 bridgehead atoms. The number of carbonyl (C=O) groups is 1. The average molecular weight is 238 g/mol. The molecule has 0 aromatic carbocycles. The van der Waals surface area contributed by atoms with E-state index < -0.39 is 0 Å². The van der Waals surface area contributed by atoms with Gasteiger partial charge in [0.1, 0.15) is 0 Å². The maximum absolute atomic E-state index is 11.5. The molecule has 94 valence electrons. The maximum atomic E-state index is 11.5. The summed E-state index contributed by atoms with van der Waals surface area (Å²) in [5, 5.41) is 13.7. The first-order valence-corrected chi connectivity index (χ1v) is 6.11. The fraction of sp³-hybridized carbons (Fsp3) is 0.667. The first-order valence-electron chi connectivity index (χ1n) is 6.11. The minimum atomic E-state index is -0.373. The lowest BCUT2D eigenvalue weighted by Gasteiger charge is -2.25. The molecule has 5 nitrogen and oxygen atoms in total. The summed E-state index contributed by atoms with van der Waals surface area (Å²) in [7, 11) is 0. The molecular formula is C12H18N2O3. The van der Waals surface area contributed by atoms with Gasteiger partial charge in [0.15, 0.2) is 5.69 Å². The molecule has 2 rings (SSSR count). The van der Waals surface area contributed by atoms with Gasteiger partial charge < -0.3 is 9.84 Å². The van der Waals surface area contributed by atoms with Crippen LogP contribution in [0.2, 0.25) is 0 Å². The minimum absolute atomic E-state index is 0.175. The molecule has 0 radical (unpaired) electrons. The number of hydrogen-bond donors (Lipinski definition) is 1. The number of rotatable bonds is 3. The first-order chi connectivity index (χ1) is 8.20. The van der Waals surface area contributed by atoms with E-state index in [4.69, 9.17) is 4.74 Å². The molecule has 0 spiro atoms. The van der Waals surface area contributed by atoms with Gasteiger partial charge in [0.25, 0.3) is 0 Å². The average Bonchev–Trinajstić information content (AvgIpc) is 2.80. The molecule has 1 aliphatic rings. The second-order valence-corrected chi connectivity index (χ2v) is 4.36. The molecule has 1 N–H and O–H groups in total. The fourth-order valence-electron chi connectivity index (χ4n) is 2.18. The highest BCUT2D eigenvalue weighted by Gasteiger charge is 2.22. The van der Waals surface area contributed by atoms with Crippen molar-refractivity contribution in [2.75, 3.05) is 6.61 Å². The molecule has 1 aromatic heterocycles. The van der Waals surface area contributed by atoms with Gasteiger partial charge in [0.2, 0.25) is 0 Å². The molecule has 0 unspecified atom stereocenters. The molecule has 1 aromatic rings. The molecule has 1 heterocycles. The van der Waals surface area contributed by atoms with Gasteiger partial charge in [-0.15, -0.1) is 0 Å². The van der Waals surface area contributed by atoms with Crippen LogP contribution in [0.4, 0.5) is 0 Å². The zero-order valence-corrected chi connectivity index (χ0v) is 10.0. The minimum Gasteiger partial charge on any atom is -0.461 e. The molecule has 0 atom stereocenters. The summed E-state index contributed by atoms with van der Waals surface area (Å²) in [5.74, 6) is -0.373. The van der Waals surface area contributed by atoms with Crippen molar-refractivity contribution in [3.8, 4) is 0 Å². The Balaban J connectivity index is 2.00. The lowest BCUT2D eigenvalue weighted by Crippen LogP contribution is -2.21. The molecule has 1 fully saturated rings. The highest BCUT2D eigenvalue weighted by atomic mass is 16.5. The predicted octanol–water partition coefficient (Wildman–Crippen LogP) is 1.54. The standard InChI is InChI=1S/C12H18N2O3/c1-2-17-12(16)11-7-8-14(13-11)9-3-5-10(15)6-4-9/h7-10,15H,2-6H2,1H3. The number of aliphatic hydroxyl groups excluding tert-OH is 1. The van der Waals surface area contributed by atoms with Crippen molar-refractivity contribution >= 4 is 5.97 Å². The van der Waals surface area contributed by atoms with Crippen molar-refractivity contribution in [1.82, 2.24) is 9.78 Å². The Hall–Kier alpha value is -1.36. The Labute approximate surface area is 100 Å². The van der Waals surface area contributed by atoms with Gasteiger partial charge in [0, 0.05) is 6.20 Å². The Morgan fingerprint density at radius 1 is 1.53 bits per heavy atom. The third kappa shape index (κ3) is 2.85. The molecule has 0 saturated heterocycles. The van der Waals surface area contributed by atoms with Crippen molar-refractivity contribution in [1.29, 1.82) is 0 Å². The number of nitrogens with zero attached hydrogens (tertiary/aromatic N) is 2. The van der Waals surface area contributed by atoms with Crippen molar-refractivity contribution in [2.45, 2.75) is 44.8 Å². The summed E-state index contributed by atoms with van der Waals surface area (Å²) in [6, 6.07) is 1.98. The van der Waals surface area contributed by atoms with E-state index in [-0.39, 0.29) is 12.1 Å². The van der Waals surface area contributed by atoms with Crippen LogP contribution in [0.15, 0.2) is 12.3 Å². The van der Waals surface area contributed by atoms with Crippen LogP contribution in [0.25, 0.3) is 0 Å². The van der Waals surface area contributed by atoms with Crippen molar-refractivity contribution in [2.24, 2.45) is 0 Å². The summed E-state index contributed by atoms with van der Waals surface area (Å²) in [6.45, 7) is 2.14. The molecule has 1 saturated carbocycles. The topological polar surface area (TPSA) is 64.3 Å². The monoisotopic (exact) mass is 238 g/mol. The maximum Gasteiger partial charge on any atom is 0.358 e. The number of ether oxygens (including phenoxy) is 1. The lowest BCUT2D eigenvalue weighted by molar-refractivity contribution is 0.0516. The number of aromatic nitrogens is 2. The molecule has 17 heavy (non-hydrogen) atoms. The fourth-order valence-corrected chi connectivity index (χ4v) is 2.18. The molecule has 5 heteroatoms. The van der Waals surface area contributed by atoms with Crippen LogP contribution in [-0.4, -0.2) is 33.6 Å². The number of hydrogen-bond acceptors (Lipinski definition) is 4. The third-order valence-electron chi connectivity index (χ3n) is 3.13. The SMILES string of the molecule is CCOC(=O)c1ccn(C2CCC(O)CC2)n1. The van der Waals surface area contributed by atoms with E-state index >= 15 is 0 Å². The molecule has 1 aliphatic carbocycles. The zero-order valence-electron chi connectivity index (χ0n) is 10.0. The summed E-state index contributed by atoms with van der Waals surface area (Å²) in [6.07, 6.45) is 5.06. The van der Waals surface area contributed by atoms with Gasteiger partial charge in [-0.25, -0.2) is 4.79 Å². The number of esters is 1. The van der Waals surface area contributed by atoms with Crippen LogP contribution in [0.1, 0.15) is 49.1 Å². The first kappa shape index (κ1) is 12.1. The van der Waals surface area contributed by atoms with Gasteiger partial charge in [-0.2, -0.15) is 5.10 Å². The second-order valence-electron chi connectivity index (χ2n) is 4.36. The Kier molecular flexibility index (Phi) is 3.78. The van der Waals surface area contributed by atoms with Crippen LogP contribution >= 0.6 is 0 Å². The summed E-state index contributed by atoms with van der Waals surface area (Å²) < 4.78 is 6.71. The molecular weight excluding hydrogens is 220 g/mol. The Morgan fingerprint density at radius 3 is 2.88 bits per heavy atom. The van der Waals surface area contributed by atoms with Crippen molar-refractivity contribution in [3.63, 3.8) is 0 Å². The van der Waals surface area contributed by atoms with Crippen LogP contribution in [0.5, 0.6) is 0 Å². The van der Waals surface area contributed by atoms with Crippen LogP contribution in [0.3, 0.4) is 0 Å². The van der Waals surface area contributed by atoms with E-state index in [1.807, 2.05) is 10.9 Å². The van der Waals surface area contributed by atoms with E-state index in [0.29, 0.717) is 18.3 Å². The predicted molar refractivity (Wildman–Crippen MR) is 61.7 cm³/mol. The van der Waals surface area contributed by atoms with Gasteiger partial charge in [-0.3, -0.25) is 4.68 Å². The highest BCUT2D eigenvalue weighted by molar-refractivity contribution is 5.86. The van der Waals surface area contributed by atoms with Crippen LogP contribution in [0, 0.1) is 0 Å². The van der Waals surface area contributed by atoms with Gasteiger partial charge in [-0.05, 0) is 38.7 Å². The van der Waals surface area contributed by atoms with Crippen LogP contribution in [-0.2, 0) is 4.74 Å². The van der Waals surface area contributed by atoms with E-state index in [1.165, 1.54) is 0 Å². The third-order valence-corrected chi connectivity index (χ3v) is 3.13. The number of aliphatic hydroxyl groups is 1. The van der Waals surface area contributed by atoms with Gasteiger partial charge in [0.05, 0.1) is 18.8 Å². The van der Waals surface area contributed by atoms with E-state index in [0.717, 1.165) is 25.7 Å². The van der Waals surface area contributed by atoms with E-state index in [1.54, 1.807) is 13.0 Å². The largest absolute Gasteiger partial charge is 0.461 e. The highest BCUT2D eigenvalue weighted by Crippen LogP contribution is 2.27. The summed E-state index contributed by atoms with van der Waals surface area (Å²) in [4.78, 5) is 11.5. The Bertz CT molecular complexity index is 381.